The number of piperidine rings is 1. The SMILES string of the molecule is CC.CC1Cc2ncnc(N3C[C@H]4CC[C@@H](C3)C4N)c2CN1c1cc(Cl)nc2[nH]ccc12. The van der Waals surface area contributed by atoms with E-state index in [-0.39, 0.29) is 0 Å². The van der Waals surface area contributed by atoms with E-state index in [0.29, 0.717) is 29.1 Å². The van der Waals surface area contributed by atoms with Crippen LogP contribution < -0.4 is 15.5 Å². The number of aromatic amines is 1. The average Bonchev–Trinajstić information content (AvgIpc) is 3.33. The molecule has 2 unspecified atom stereocenters. The fourth-order valence-electron chi connectivity index (χ4n) is 5.75. The summed E-state index contributed by atoms with van der Waals surface area (Å²) in [6, 6.07) is 4.70. The molecule has 0 radical (unpaired) electrons. The van der Waals surface area contributed by atoms with Crippen molar-refractivity contribution in [1.82, 2.24) is 19.9 Å². The minimum absolute atomic E-state index is 0.308. The molecule has 3 aromatic rings. The van der Waals surface area contributed by atoms with E-state index in [1.54, 1.807) is 6.33 Å². The molecule has 1 aliphatic carbocycles. The largest absolute Gasteiger partial charge is 0.363 e. The van der Waals surface area contributed by atoms with Crippen LogP contribution in [0.5, 0.6) is 0 Å². The molecule has 3 aliphatic rings. The van der Waals surface area contributed by atoms with Gasteiger partial charge in [-0.2, -0.15) is 0 Å². The van der Waals surface area contributed by atoms with Gasteiger partial charge in [-0.05, 0) is 43.7 Å². The summed E-state index contributed by atoms with van der Waals surface area (Å²) in [4.78, 5) is 21.9. The maximum Gasteiger partial charge on any atom is 0.141 e. The number of aromatic nitrogens is 4. The van der Waals surface area contributed by atoms with Gasteiger partial charge in [0.05, 0.1) is 11.4 Å². The lowest BCUT2D eigenvalue weighted by Crippen LogP contribution is -2.50. The molecular weight excluding hydrogens is 422 g/mol. The zero-order valence-corrected chi connectivity index (χ0v) is 19.8. The Kier molecular flexibility index (Phi) is 5.72. The molecule has 2 aliphatic heterocycles. The summed E-state index contributed by atoms with van der Waals surface area (Å²) in [5.74, 6) is 2.24. The van der Waals surface area contributed by atoms with Gasteiger partial charge in [-0.1, -0.05) is 25.4 Å². The fraction of sp³-hybridized carbons (Fsp3) is 0.542. The molecule has 3 N–H and O–H groups in total. The van der Waals surface area contributed by atoms with E-state index in [9.17, 15) is 0 Å². The molecule has 4 atom stereocenters. The lowest BCUT2D eigenvalue weighted by Gasteiger charge is -2.41. The van der Waals surface area contributed by atoms with Crippen LogP contribution in [0.15, 0.2) is 24.7 Å². The number of pyridine rings is 1. The quantitative estimate of drug-likeness (QED) is 0.566. The van der Waals surface area contributed by atoms with Crippen LogP contribution in [0.3, 0.4) is 0 Å². The highest BCUT2D eigenvalue weighted by Gasteiger charge is 2.41. The van der Waals surface area contributed by atoms with Crippen LogP contribution in [-0.2, 0) is 13.0 Å². The van der Waals surface area contributed by atoms with Crippen LogP contribution in [0.1, 0.15) is 44.9 Å². The third-order valence-electron chi connectivity index (χ3n) is 7.35. The Bertz CT molecular complexity index is 1100. The van der Waals surface area contributed by atoms with Crippen molar-refractivity contribution in [2.45, 2.75) is 58.7 Å². The van der Waals surface area contributed by atoms with Crippen molar-refractivity contribution in [3.8, 4) is 0 Å². The Morgan fingerprint density at radius 1 is 1.16 bits per heavy atom. The van der Waals surface area contributed by atoms with Gasteiger partial charge in [0.1, 0.15) is 22.9 Å². The summed E-state index contributed by atoms with van der Waals surface area (Å²) < 4.78 is 0. The second-order valence-corrected chi connectivity index (χ2v) is 9.47. The van der Waals surface area contributed by atoms with Gasteiger partial charge in [0.2, 0.25) is 0 Å². The molecule has 1 saturated carbocycles. The highest BCUT2D eigenvalue weighted by atomic mass is 35.5. The molecule has 6 rings (SSSR count). The van der Waals surface area contributed by atoms with Gasteiger partial charge >= 0.3 is 0 Å². The van der Waals surface area contributed by atoms with Gasteiger partial charge in [-0.15, -0.1) is 0 Å². The molecule has 2 fully saturated rings. The van der Waals surface area contributed by atoms with Crippen LogP contribution in [0, 0.1) is 11.8 Å². The number of hydrogen-bond donors (Lipinski definition) is 2. The summed E-state index contributed by atoms with van der Waals surface area (Å²) in [5.41, 5.74) is 10.8. The first-order valence-electron chi connectivity index (χ1n) is 11.8. The van der Waals surface area contributed by atoms with Crippen molar-refractivity contribution in [3.05, 3.63) is 41.1 Å². The smallest absolute Gasteiger partial charge is 0.141 e. The average molecular weight is 454 g/mol. The molecule has 2 bridgehead atoms. The zero-order chi connectivity index (χ0) is 22.4. The number of fused-ring (bicyclic) bond motifs is 4. The third-order valence-corrected chi connectivity index (χ3v) is 7.55. The Morgan fingerprint density at radius 2 is 1.91 bits per heavy atom. The number of hydrogen-bond acceptors (Lipinski definition) is 6. The molecule has 8 heteroatoms. The van der Waals surface area contributed by atoms with Crippen molar-refractivity contribution in [2.24, 2.45) is 17.6 Å². The van der Waals surface area contributed by atoms with Gasteiger partial charge in [0, 0.05) is 55.3 Å². The van der Waals surface area contributed by atoms with E-state index in [2.05, 4.69) is 37.7 Å². The molecule has 0 spiro atoms. The van der Waals surface area contributed by atoms with Gasteiger partial charge in [-0.3, -0.25) is 0 Å². The minimum atomic E-state index is 0.308. The van der Waals surface area contributed by atoms with Crippen molar-refractivity contribution < 1.29 is 0 Å². The summed E-state index contributed by atoms with van der Waals surface area (Å²) >= 11 is 6.35. The molecule has 0 aromatic carbocycles. The molecule has 170 valence electrons. The number of anilines is 2. The lowest BCUT2D eigenvalue weighted by molar-refractivity contribution is 0.354. The topological polar surface area (TPSA) is 87.0 Å². The van der Waals surface area contributed by atoms with Crippen LogP contribution in [0.2, 0.25) is 5.15 Å². The van der Waals surface area contributed by atoms with Gasteiger partial charge in [0.25, 0.3) is 0 Å². The fourth-order valence-corrected chi connectivity index (χ4v) is 5.94. The molecular formula is C24H32ClN7. The normalized spacial score (nSPS) is 26.7. The second-order valence-electron chi connectivity index (χ2n) is 9.09. The first-order valence-corrected chi connectivity index (χ1v) is 12.2. The second kappa shape index (κ2) is 8.52. The summed E-state index contributed by atoms with van der Waals surface area (Å²) in [7, 11) is 0. The summed E-state index contributed by atoms with van der Waals surface area (Å²) in [5, 5.41) is 1.60. The van der Waals surface area contributed by atoms with Gasteiger partial charge in [0.15, 0.2) is 0 Å². The van der Waals surface area contributed by atoms with Crippen LogP contribution in [0.4, 0.5) is 11.5 Å². The maximum atomic E-state index is 6.45. The first-order chi connectivity index (χ1) is 15.6. The summed E-state index contributed by atoms with van der Waals surface area (Å²) in [6.07, 6.45) is 7.01. The van der Waals surface area contributed by atoms with Crippen molar-refractivity contribution >= 4 is 34.1 Å². The molecule has 32 heavy (non-hydrogen) atoms. The van der Waals surface area contributed by atoms with E-state index >= 15 is 0 Å². The van der Waals surface area contributed by atoms with E-state index < -0.39 is 0 Å². The van der Waals surface area contributed by atoms with Crippen molar-refractivity contribution in [2.75, 3.05) is 22.9 Å². The number of nitrogens with one attached hydrogen (secondary N) is 1. The number of H-pyrrole nitrogens is 1. The van der Waals surface area contributed by atoms with E-state index in [1.807, 2.05) is 26.1 Å². The van der Waals surface area contributed by atoms with Crippen LogP contribution >= 0.6 is 11.6 Å². The number of nitrogens with two attached hydrogens (primary N) is 1. The Balaban J connectivity index is 0.00000105. The maximum absolute atomic E-state index is 6.45. The monoisotopic (exact) mass is 453 g/mol. The van der Waals surface area contributed by atoms with E-state index in [1.165, 1.54) is 18.4 Å². The van der Waals surface area contributed by atoms with Gasteiger partial charge in [-0.25, -0.2) is 15.0 Å². The predicted molar refractivity (Wildman–Crippen MR) is 130 cm³/mol. The highest BCUT2D eigenvalue weighted by molar-refractivity contribution is 6.30. The van der Waals surface area contributed by atoms with E-state index in [0.717, 1.165) is 54.3 Å². The van der Waals surface area contributed by atoms with Gasteiger partial charge < -0.3 is 20.5 Å². The molecule has 1 saturated heterocycles. The molecule has 3 aromatic heterocycles. The Labute approximate surface area is 194 Å². The number of rotatable bonds is 2. The predicted octanol–water partition coefficient (Wildman–Crippen LogP) is 4.16. The number of nitrogens with zero attached hydrogens (tertiary/aromatic N) is 5. The van der Waals surface area contributed by atoms with Crippen molar-refractivity contribution in [3.63, 3.8) is 0 Å². The highest BCUT2D eigenvalue weighted by Crippen LogP contribution is 2.40. The third kappa shape index (κ3) is 3.52. The number of halogens is 1. The Hall–Kier alpha value is -2.38. The van der Waals surface area contributed by atoms with Crippen LogP contribution in [0.25, 0.3) is 11.0 Å². The molecule has 5 heterocycles. The zero-order valence-electron chi connectivity index (χ0n) is 19.1. The van der Waals surface area contributed by atoms with E-state index in [4.69, 9.17) is 22.3 Å². The molecule has 0 amide bonds. The minimum Gasteiger partial charge on any atom is -0.363 e. The first kappa shape index (κ1) is 21.5. The lowest BCUT2D eigenvalue weighted by atomic mass is 9.92. The van der Waals surface area contributed by atoms with Crippen LogP contribution in [-0.4, -0.2) is 45.1 Å². The summed E-state index contributed by atoms with van der Waals surface area (Å²) in [6.45, 7) is 9.02. The Morgan fingerprint density at radius 3 is 2.66 bits per heavy atom. The standard InChI is InChI=1S/C22H26ClN7.C2H6/c1-12-6-17-16(10-30(12)18-7-19(23)28-21-15(18)4-5-25-21)22(27-11-26-17)29-8-13-2-3-14(9-29)20(13)24;1-2/h4-5,7,11-14,20H,2-3,6,8-10,24H2,1H3,(H,25,28);1-2H3/t12?,13-,14+,20?;. The molecule has 7 nitrogen and oxygen atoms in total. The van der Waals surface area contributed by atoms with Crippen molar-refractivity contribution in [1.29, 1.82) is 0 Å².